The van der Waals surface area contributed by atoms with E-state index in [0.717, 1.165) is 36.0 Å². The Labute approximate surface area is 216 Å². The second-order valence-electron chi connectivity index (χ2n) is 10.4. The van der Waals surface area contributed by atoms with Crippen molar-refractivity contribution in [3.63, 3.8) is 0 Å². The van der Waals surface area contributed by atoms with Crippen LogP contribution in [0, 0.1) is 29.1 Å². The van der Waals surface area contributed by atoms with Crippen molar-refractivity contribution in [2.75, 3.05) is 27.9 Å². The summed E-state index contributed by atoms with van der Waals surface area (Å²) < 4.78 is 20.6. The standard InChI is InChI=1S/C29H32O8/c1-5-37-25(30)16-8-6-15(7-9-16)21-19-13-29(27(32)35-3,28(33)36-4)14-20(19)24(26(31)34-2)23-18-11-10-17(12-18)22(21)23/h6-9,17-18,22-23H,5,10-14H2,1-4H3. The van der Waals surface area contributed by atoms with Gasteiger partial charge in [0.1, 0.15) is 0 Å². The van der Waals surface area contributed by atoms with Gasteiger partial charge in [0.05, 0.1) is 33.5 Å². The fraction of sp³-hybridized carbons (Fsp3) is 0.517. The highest BCUT2D eigenvalue weighted by Crippen LogP contribution is 2.66. The molecule has 4 aliphatic carbocycles. The zero-order valence-corrected chi connectivity index (χ0v) is 21.6. The number of rotatable bonds is 6. The van der Waals surface area contributed by atoms with E-state index < -0.39 is 29.3 Å². The van der Waals surface area contributed by atoms with Gasteiger partial charge in [-0.25, -0.2) is 9.59 Å². The first-order valence-electron chi connectivity index (χ1n) is 12.8. The highest BCUT2D eigenvalue weighted by Gasteiger charge is 2.61. The second-order valence-corrected chi connectivity index (χ2v) is 10.4. The topological polar surface area (TPSA) is 105 Å². The summed E-state index contributed by atoms with van der Waals surface area (Å²) in [6, 6.07) is 7.28. The van der Waals surface area contributed by atoms with Crippen LogP contribution < -0.4 is 0 Å². The molecule has 4 unspecified atom stereocenters. The molecule has 1 aromatic carbocycles. The summed E-state index contributed by atoms with van der Waals surface area (Å²) in [4.78, 5) is 51.7. The molecule has 0 amide bonds. The van der Waals surface area contributed by atoms with E-state index in [1.165, 1.54) is 21.3 Å². The van der Waals surface area contributed by atoms with Crippen LogP contribution in [-0.2, 0) is 33.3 Å². The van der Waals surface area contributed by atoms with Gasteiger partial charge in [0.2, 0.25) is 0 Å². The molecule has 5 rings (SSSR count). The number of esters is 4. The van der Waals surface area contributed by atoms with Gasteiger partial charge in [0.25, 0.3) is 0 Å². The molecule has 37 heavy (non-hydrogen) atoms. The minimum atomic E-state index is -1.57. The summed E-state index contributed by atoms with van der Waals surface area (Å²) in [5.41, 5.74) is 2.95. The Kier molecular flexibility index (Phi) is 6.46. The Morgan fingerprint density at radius 1 is 0.811 bits per heavy atom. The molecule has 8 heteroatoms. The number of carbonyl (C=O) groups excluding carboxylic acids is 4. The molecule has 0 N–H and O–H groups in total. The van der Waals surface area contributed by atoms with Gasteiger partial charge in [-0.1, -0.05) is 12.1 Å². The summed E-state index contributed by atoms with van der Waals surface area (Å²) in [6.45, 7) is 2.05. The van der Waals surface area contributed by atoms with Crippen molar-refractivity contribution < 1.29 is 38.1 Å². The molecule has 0 aliphatic heterocycles. The molecule has 0 radical (unpaired) electrons. The monoisotopic (exact) mass is 508 g/mol. The third-order valence-electron chi connectivity index (χ3n) is 8.82. The lowest BCUT2D eigenvalue weighted by Crippen LogP contribution is -2.39. The Hall–Kier alpha value is -3.42. The Bertz CT molecular complexity index is 1200. The fourth-order valence-electron chi connectivity index (χ4n) is 7.42. The molecule has 196 valence electrons. The molecular formula is C29H32O8. The van der Waals surface area contributed by atoms with E-state index in [9.17, 15) is 19.2 Å². The third-order valence-corrected chi connectivity index (χ3v) is 8.82. The Balaban J connectivity index is 1.73. The Morgan fingerprint density at radius 2 is 1.41 bits per heavy atom. The van der Waals surface area contributed by atoms with Gasteiger partial charge in [-0.2, -0.15) is 0 Å². The molecule has 8 nitrogen and oxygen atoms in total. The number of allylic oxidation sites excluding steroid dienone is 3. The van der Waals surface area contributed by atoms with Crippen LogP contribution in [0.5, 0.6) is 0 Å². The highest BCUT2D eigenvalue weighted by atomic mass is 16.5. The zero-order chi connectivity index (χ0) is 26.5. The van der Waals surface area contributed by atoms with Crippen LogP contribution in [0.25, 0.3) is 5.57 Å². The van der Waals surface area contributed by atoms with Crippen LogP contribution in [0.4, 0.5) is 0 Å². The molecule has 3 fully saturated rings. The average Bonchev–Trinajstić information content (AvgIpc) is 3.65. The summed E-state index contributed by atoms with van der Waals surface area (Å²) in [6.07, 6.45) is 3.23. The van der Waals surface area contributed by atoms with Gasteiger partial charge in [-0.3, -0.25) is 9.59 Å². The van der Waals surface area contributed by atoms with Crippen molar-refractivity contribution in [1.82, 2.24) is 0 Å². The van der Waals surface area contributed by atoms with Gasteiger partial charge >= 0.3 is 23.9 Å². The van der Waals surface area contributed by atoms with E-state index in [2.05, 4.69) is 0 Å². The van der Waals surface area contributed by atoms with Crippen LogP contribution in [0.1, 0.15) is 54.9 Å². The maximum Gasteiger partial charge on any atom is 0.338 e. The maximum atomic E-state index is 13.3. The first-order valence-corrected chi connectivity index (χ1v) is 12.8. The smallest absolute Gasteiger partial charge is 0.338 e. The summed E-state index contributed by atoms with van der Waals surface area (Å²) in [5.74, 6) is -1.42. The van der Waals surface area contributed by atoms with Crippen LogP contribution in [0.3, 0.4) is 0 Å². The lowest BCUT2D eigenvalue weighted by atomic mass is 9.64. The van der Waals surface area contributed by atoms with Gasteiger partial charge in [0, 0.05) is 24.3 Å². The fourth-order valence-corrected chi connectivity index (χ4v) is 7.42. The first-order chi connectivity index (χ1) is 17.8. The van der Waals surface area contributed by atoms with Crippen LogP contribution in [0.2, 0.25) is 0 Å². The molecular weight excluding hydrogens is 476 g/mol. The maximum absolute atomic E-state index is 13.3. The van der Waals surface area contributed by atoms with E-state index in [1.54, 1.807) is 19.1 Å². The van der Waals surface area contributed by atoms with E-state index in [1.807, 2.05) is 12.1 Å². The van der Waals surface area contributed by atoms with E-state index in [-0.39, 0.29) is 31.3 Å². The quantitative estimate of drug-likeness (QED) is 0.324. The number of methoxy groups -OCH3 is 3. The lowest BCUT2D eigenvalue weighted by Gasteiger charge is -2.39. The van der Waals surface area contributed by atoms with Crippen LogP contribution in [-0.4, -0.2) is 51.8 Å². The lowest BCUT2D eigenvalue weighted by molar-refractivity contribution is -0.168. The van der Waals surface area contributed by atoms with Crippen molar-refractivity contribution in [3.05, 3.63) is 52.1 Å². The van der Waals surface area contributed by atoms with E-state index in [4.69, 9.17) is 18.9 Å². The van der Waals surface area contributed by atoms with Crippen molar-refractivity contribution in [2.45, 2.75) is 39.0 Å². The first kappa shape index (κ1) is 25.2. The number of carbonyl (C=O) groups is 4. The van der Waals surface area contributed by atoms with Gasteiger partial charge in [-0.05, 0) is 78.4 Å². The van der Waals surface area contributed by atoms with Crippen molar-refractivity contribution in [2.24, 2.45) is 29.1 Å². The van der Waals surface area contributed by atoms with E-state index in [0.29, 0.717) is 28.5 Å². The molecule has 1 aromatic rings. The summed E-state index contributed by atoms with van der Waals surface area (Å²) in [7, 11) is 3.87. The molecule has 2 bridgehead atoms. The van der Waals surface area contributed by atoms with Gasteiger partial charge < -0.3 is 18.9 Å². The number of benzene rings is 1. The second kappa shape index (κ2) is 9.47. The molecule has 3 saturated carbocycles. The molecule has 0 saturated heterocycles. The highest BCUT2D eigenvalue weighted by molar-refractivity contribution is 6.05. The number of hydrogen-bond donors (Lipinski definition) is 0. The molecule has 0 heterocycles. The largest absolute Gasteiger partial charge is 0.468 e. The number of hydrogen-bond acceptors (Lipinski definition) is 8. The number of ether oxygens (including phenoxy) is 4. The summed E-state index contributed by atoms with van der Waals surface area (Å²) in [5, 5.41) is 0. The molecule has 4 aliphatic rings. The van der Waals surface area contributed by atoms with Crippen LogP contribution in [0.15, 0.2) is 41.0 Å². The van der Waals surface area contributed by atoms with Crippen LogP contribution >= 0.6 is 0 Å². The van der Waals surface area contributed by atoms with Crippen molar-refractivity contribution in [3.8, 4) is 0 Å². The van der Waals surface area contributed by atoms with Gasteiger partial charge in [-0.15, -0.1) is 0 Å². The summed E-state index contributed by atoms with van der Waals surface area (Å²) >= 11 is 0. The minimum absolute atomic E-state index is 0.0249. The van der Waals surface area contributed by atoms with Gasteiger partial charge in [0.15, 0.2) is 5.41 Å². The van der Waals surface area contributed by atoms with Crippen molar-refractivity contribution >= 4 is 29.5 Å². The zero-order valence-electron chi connectivity index (χ0n) is 21.6. The SMILES string of the molecule is CCOC(=O)c1ccc(C2=C3CC(C(=O)OC)(C(=O)OC)CC3=C(C(=O)OC)C3C4CCC(C4)C23)cc1. The third kappa shape index (κ3) is 3.71. The normalized spacial score (nSPS) is 26.9. The van der Waals surface area contributed by atoms with Crippen molar-refractivity contribution in [1.29, 1.82) is 0 Å². The predicted octanol–water partition coefficient (Wildman–Crippen LogP) is 3.89. The molecule has 4 atom stereocenters. The predicted molar refractivity (Wildman–Crippen MR) is 132 cm³/mol. The van der Waals surface area contributed by atoms with E-state index >= 15 is 0 Å². The minimum Gasteiger partial charge on any atom is -0.468 e. The molecule has 0 aromatic heterocycles. The Morgan fingerprint density at radius 3 is 1.97 bits per heavy atom. The molecule has 0 spiro atoms. The average molecular weight is 509 g/mol. The number of fused-ring (bicyclic) bond motifs is 6.